The summed E-state index contributed by atoms with van der Waals surface area (Å²) in [7, 11) is 0. The highest BCUT2D eigenvalue weighted by Gasteiger charge is 2.36. The van der Waals surface area contributed by atoms with E-state index in [0.29, 0.717) is 35.5 Å². The first kappa shape index (κ1) is 18.6. The highest BCUT2D eigenvalue weighted by atomic mass is 32.1. The van der Waals surface area contributed by atoms with E-state index in [0.717, 1.165) is 0 Å². The van der Waals surface area contributed by atoms with Gasteiger partial charge in [-0.1, -0.05) is 6.07 Å². The number of hydrogen-bond acceptors (Lipinski definition) is 6. The van der Waals surface area contributed by atoms with Crippen molar-refractivity contribution in [2.45, 2.75) is 18.9 Å². The Labute approximate surface area is 160 Å². The van der Waals surface area contributed by atoms with Crippen LogP contribution in [-0.4, -0.2) is 41.9 Å². The number of nitrogens with one attached hydrogen (secondary N) is 1. The summed E-state index contributed by atoms with van der Waals surface area (Å²) >= 11 is 1.33. The smallest absolute Gasteiger partial charge is 0.329 e. The highest BCUT2D eigenvalue weighted by molar-refractivity contribution is 7.12. The summed E-state index contributed by atoms with van der Waals surface area (Å²) in [5, 5.41) is 13.2. The van der Waals surface area contributed by atoms with Crippen molar-refractivity contribution in [1.82, 2.24) is 4.90 Å². The van der Waals surface area contributed by atoms with Crippen LogP contribution in [0.1, 0.15) is 28.1 Å². The monoisotopic (exact) mass is 383 g/mol. The van der Waals surface area contributed by atoms with Crippen LogP contribution in [0.25, 0.3) is 0 Å². The molecule has 0 radical (unpaired) electrons. The molecule has 27 heavy (non-hydrogen) atoms. The van der Waals surface area contributed by atoms with Gasteiger partial charge in [0, 0.05) is 12.2 Å². The normalized spacial score (nSPS) is 15.8. The van der Waals surface area contributed by atoms with Crippen molar-refractivity contribution in [1.29, 1.82) is 5.26 Å². The van der Waals surface area contributed by atoms with E-state index in [-0.39, 0.29) is 5.91 Å². The Morgan fingerprint density at radius 1 is 1.26 bits per heavy atom. The Kier molecular flexibility index (Phi) is 5.84. The van der Waals surface area contributed by atoms with Crippen LogP contribution >= 0.6 is 11.3 Å². The maximum Gasteiger partial charge on any atom is 0.329 e. The summed E-state index contributed by atoms with van der Waals surface area (Å²) in [6.07, 6.45) is 1.24. The molecule has 138 valence electrons. The average molecular weight is 383 g/mol. The van der Waals surface area contributed by atoms with Crippen LogP contribution in [-0.2, 0) is 14.3 Å². The van der Waals surface area contributed by atoms with Crippen LogP contribution in [0.3, 0.4) is 0 Å². The molecule has 2 aromatic rings. The van der Waals surface area contributed by atoms with Crippen molar-refractivity contribution in [2.75, 3.05) is 18.5 Å². The summed E-state index contributed by atoms with van der Waals surface area (Å²) in [5.41, 5.74) is 0.988. The molecule has 1 atom stereocenters. The molecule has 1 aromatic carbocycles. The lowest BCUT2D eigenvalue weighted by Crippen LogP contribution is -2.41. The van der Waals surface area contributed by atoms with Crippen molar-refractivity contribution in [3.8, 4) is 6.07 Å². The van der Waals surface area contributed by atoms with E-state index in [2.05, 4.69) is 5.32 Å². The van der Waals surface area contributed by atoms with Crippen molar-refractivity contribution < 1.29 is 19.1 Å². The number of carbonyl (C=O) groups excluding carboxylic acids is 3. The number of benzene rings is 1. The molecule has 8 heteroatoms. The Morgan fingerprint density at radius 3 is 2.70 bits per heavy atom. The first-order valence-electron chi connectivity index (χ1n) is 8.39. The first-order chi connectivity index (χ1) is 13.1. The summed E-state index contributed by atoms with van der Waals surface area (Å²) in [4.78, 5) is 38.9. The standard InChI is InChI=1S/C19H17N3O4S/c20-11-13-5-7-14(8-6-13)21-17(23)12-26-19(25)15-3-1-9-22(15)18(24)16-4-2-10-27-16/h2,4-8,10,15H,1,3,9,12H2,(H,21,23)/t15-/m0/s1. The number of nitriles is 1. The molecular formula is C19H17N3O4S. The molecule has 0 unspecified atom stereocenters. The van der Waals surface area contributed by atoms with E-state index < -0.39 is 24.5 Å². The molecule has 1 aliphatic rings. The Morgan fingerprint density at radius 2 is 2.04 bits per heavy atom. The second kappa shape index (κ2) is 8.47. The number of hydrogen-bond donors (Lipinski definition) is 1. The molecule has 2 amide bonds. The highest BCUT2D eigenvalue weighted by Crippen LogP contribution is 2.23. The summed E-state index contributed by atoms with van der Waals surface area (Å²) in [6.45, 7) is 0.0598. The lowest BCUT2D eigenvalue weighted by molar-refractivity contribution is -0.151. The van der Waals surface area contributed by atoms with E-state index >= 15 is 0 Å². The summed E-state index contributed by atoms with van der Waals surface area (Å²) < 4.78 is 5.11. The van der Waals surface area contributed by atoms with Crippen LogP contribution < -0.4 is 5.32 Å². The molecule has 7 nitrogen and oxygen atoms in total. The van der Waals surface area contributed by atoms with Crippen molar-refractivity contribution in [2.24, 2.45) is 0 Å². The summed E-state index contributed by atoms with van der Waals surface area (Å²) in [5.74, 6) is -1.25. The number of rotatable bonds is 5. The van der Waals surface area contributed by atoms with Crippen molar-refractivity contribution in [3.63, 3.8) is 0 Å². The van der Waals surface area contributed by atoms with Gasteiger partial charge in [0.2, 0.25) is 0 Å². The predicted molar refractivity (Wildman–Crippen MR) is 99.1 cm³/mol. The van der Waals surface area contributed by atoms with Gasteiger partial charge in [-0.05, 0) is 48.6 Å². The van der Waals surface area contributed by atoms with Gasteiger partial charge in [-0.15, -0.1) is 11.3 Å². The van der Waals surface area contributed by atoms with Gasteiger partial charge in [0.15, 0.2) is 6.61 Å². The Hall–Kier alpha value is -3.18. The van der Waals surface area contributed by atoms with Gasteiger partial charge >= 0.3 is 5.97 Å². The topological polar surface area (TPSA) is 99.5 Å². The van der Waals surface area contributed by atoms with E-state index in [9.17, 15) is 14.4 Å². The number of nitrogens with zero attached hydrogens (tertiary/aromatic N) is 2. The van der Waals surface area contributed by atoms with Gasteiger partial charge in [-0.3, -0.25) is 9.59 Å². The molecule has 3 rings (SSSR count). The van der Waals surface area contributed by atoms with Crippen LogP contribution in [0.2, 0.25) is 0 Å². The van der Waals surface area contributed by atoms with Gasteiger partial charge in [-0.2, -0.15) is 5.26 Å². The quantitative estimate of drug-likeness (QED) is 0.799. The van der Waals surface area contributed by atoms with Crippen molar-refractivity contribution in [3.05, 3.63) is 52.2 Å². The summed E-state index contributed by atoms with van der Waals surface area (Å²) in [6, 6.07) is 11.2. The second-order valence-electron chi connectivity index (χ2n) is 5.98. The van der Waals surface area contributed by atoms with Gasteiger partial charge < -0.3 is 15.0 Å². The SMILES string of the molecule is N#Cc1ccc(NC(=O)COC(=O)[C@@H]2CCCN2C(=O)c2cccs2)cc1. The van der Waals surface area contributed by atoms with E-state index in [4.69, 9.17) is 10.00 Å². The van der Waals surface area contributed by atoms with Crippen LogP contribution in [0, 0.1) is 11.3 Å². The molecule has 0 aliphatic carbocycles. The van der Waals surface area contributed by atoms with E-state index in [1.807, 2.05) is 11.4 Å². The zero-order valence-corrected chi connectivity index (χ0v) is 15.2. The fourth-order valence-corrected chi connectivity index (χ4v) is 3.53. The number of thiophene rings is 1. The number of likely N-dealkylation sites (tertiary alicyclic amines) is 1. The molecular weight excluding hydrogens is 366 g/mol. The van der Waals surface area contributed by atoms with E-state index in [1.54, 1.807) is 36.4 Å². The largest absolute Gasteiger partial charge is 0.454 e. The van der Waals surface area contributed by atoms with Gasteiger partial charge in [0.25, 0.3) is 11.8 Å². The lowest BCUT2D eigenvalue weighted by Gasteiger charge is -2.22. The Bertz CT molecular complexity index is 871. The van der Waals surface area contributed by atoms with Crippen LogP contribution in [0.5, 0.6) is 0 Å². The molecule has 0 bridgehead atoms. The molecule has 0 spiro atoms. The molecule has 1 N–H and O–H groups in total. The fraction of sp³-hybridized carbons (Fsp3) is 0.263. The Balaban J connectivity index is 1.52. The molecule has 1 aromatic heterocycles. The third-order valence-corrected chi connectivity index (χ3v) is 5.02. The first-order valence-corrected chi connectivity index (χ1v) is 9.27. The average Bonchev–Trinajstić information content (AvgIpc) is 3.38. The minimum Gasteiger partial charge on any atom is -0.454 e. The third-order valence-electron chi connectivity index (χ3n) is 4.16. The van der Waals surface area contributed by atoms with Crippen LogP contribution in [0.4, 0.5) is 5.69 Å². The minimum absolute atomic E-state index is 0.188. The third kappa shape index (κ3) is 4.51. The predicted octanol–water partition coefficient (Wildman–Crippen LogP) is 2.41. The lowest BCUT2D eigenvalue weighted by atomic mass is 10.2. The number of ether oxygens (including phenoxy) is 1. The van der Waals surface area contributed by atoms with Gasteiger partial charge in [0.05, 0.1) is 16.5 Å². The molecule has 0 saturated carbocycles. The second-order valence-corrected chi connectivity index (χ2v) is 6.93. The number of anilines is 1. The fourth-order valence-electron chi connectivity index (χ4n) is 2.85. The maximum absolute atomic E-state index is 12.5. The maximum atomic E-state index is 12.5. The van der Waals surface area contributed by atoms with Gasteiger partial charge in [-0.25, -0.2) is 4.79 Å². The van der Waals surface area contributed by atoms with Crippen molar-refractivity contribution >= 4 is 34.8 Å². The zero-order chi connectivity index (χ0) is 19.2. The molecule has 1 fully saturated rings. The van der Waals surface area contributed by atoms with E-state index in [1.165, 1.54) is 16.2 Å². The number of carbonyl (C=O) groups is 3. The molecule has 1 aliphatic heterocycles. The number of esters is 1. The number of amides is 2. The minimum atomic E-state index is -0.665. The van der Waals surface area contributed by atoms with Crippen LogP contribution in [0.15, 0.2) is 41.8 Å². The van der Waals surface area contributed by atoms with Gasteiger partial charge in [0.1, 0.15) is 6.04 Å². The molecule has 2 heterocycles. The molecule has 1 saturated heterocycles. The zero-order valence-electron chi connectivity index (χ0n) is 14.4.